The lowest BCUT2D eigenvalue weighted by molar-refractivity contribution is -0.181. The predicted octanol–water partition coefficient (Wildman–Crippen LogP) is 4.52. The first-order valence-electron chi connectivity index (χ1n) is 9.91. The topological polar surface area (TPSA) is 63.6 Å². The number of hydrogen-bond donors (Lipinski definition) is 1. The molecule has 0 aromatic carbocycles. The highest BCUT2D eigenvalue weighted by atomic mass is 16.6. The van der Waals surface area contributed by atoms with Crippen molar-refractivity contribution in [1.82, 2.24) is 0 Å². The number of fused-ring (bicyclic) bond motifs is 1. The zero-order valence-electron chi connectivity index (χ0n) is 16.6. The highest BCUT2D eigenvalue weighted by Gasteiger charge is 2.69. The molecule has 3 saturated carbocycles. The first-order valence-corrected chi connectivity index (χ1v) is 9.91. The van der Waals surface area contributed by atoms with Crippen LogP contribution >= 0.6 is 0 Å². The van der Waals surface area contributed by atoms with E-state index in [0.717, 1.165) is 31.1 Å². The lowest BCUT2D eigenvalue weighted by atomic mass is 9.64. The number of carbonyl (C=O) groups is 2. The van der Waals surface area contributed by atoms with Crippen LogP contribution in [-0.4, -0.2) is 22.6 Å². The molecule has 7 atom stereocenters. The van der Waals surface area contributed by atoms with Gasteiger partial charge in [-0.25, -0.2) is 0 Å². The highest BCUT2D eigenvalue weighted by molar-refractivity contribution is 5.80. The van der Waals surface area contributed by atoms with Crippen molar-refractivity contribution in [2.24, 2.45) is 40.4 Å². The molecule has 4 nitrogen and oxygen atoms in total. The Morgan fingerprint density at radius 3 is 2.28 bits per heavy atom. The van der Waals surface area contributed by atoms with Gasteiger partial charge in [0.15, 0.2) is 0 Å². The average Bonchev–Trinajstić information content (AvgIpc) is 2.95. The van der Waals surface area contributed by atoms with Crippen LogP contribution < -0.4 is 0 Å². The van der Waals surface area contributed by atoms with E-state index < -0.39 is 23.4 Å². The minimum Gasteiger partial charge on any atom is -0.481 e. The molecular formula is C21H34O4. The number of carboxylic acids is 1. The van der Waals surface area contributed by atoms with Crippen molar-refractivity contribution in [2.75, 3.05) is 0 Å². The Bertz CT molecular complexity index is 582. The van der Waals surface area contributed by atoms with E-state index in [9.17, 15) is 14.7 Å². The van der Waals surface area contributed by atoms with E-state index in [2.05, 4.69) is 27.7 Å². The van der Waals surface area contributed by atoms with Crippen LogP contribution in [0.15, 0.2) is 0 Å². The maximum absolute atomic E-state index is 12.7. The zero-order valence-corrected chi connectivity index (χ0v) is 16.6. The summed E-state index contributed by atoms with van der Waals surface area (Å²) >= 11 is 0. The van der Waals surface area contributed by atoms with Crippen LogP contribution in [0.2, 0.25) is 0 Å². The molecule has 3 fully saturated rings. The van der Waals surface area contributed by atoms with E-state index in [1.807, 2.05) is 0 Å². The molecule has 142 valence electrons. The van der Waals surface area contributed by atoms with Gasteiger partial charge in [-0.05, 0) is 61.7 Å². The summed E-state index contributed by atoms with van der Waals surface area (Å²) in [6, 6.07) is 0. The van der Waals surface area contributed by atoms with Gasteiger partial charge < -0.3 is 9.84 Å². The molecule has 1 N–H and O–H groups in total. The van der Waals surface area contributed by atoms with Gasteiger partial charge in [0.05, 0.1) is 11.8 Å². The third-order valence-corrected chi connectivity index (χ3v) is 8.61. The van der Waals surface area contributed by atoms with E-state index >= 15 is 0 Å². The van der Waals surface area contributed by atoms with E-state index in [1.54, 1.807) is 13.8 Å². The Morgan fingerprint density at radius 2 is 1.68 bits per heavy atom. The van der Waals surface area contributed by atoms with Crippen molar-refractivity contribution in [3.8, 4) is 0 Å². The van der Waals surface area contributed by atoms with Crippen molar-refractivity contribution in [2.45, 2.75) is 79.2 Å². The molecule has 0 heterocycles. The van der Waals surface area contributed by atoms with Gasteiger partial charge in [0.1, 0.15) is 5.60 Å². The molecule has 3 aliphatic rings. The molecule has 0 aromatic heterocycles. The summed E-state index contributed by atoms with van der Waals surface area (Å²) in [6.07, 6.45) is 5.80. The molecule has 2 bridgehead atoms. The van der Waals surface area contributed by atoms with Crippen LogP contribution in [0.1, 0.15) is 73.6 Å². The lowest BCUT2D eigenvalue weighted by Gasteiger charge is -2.47. The van der Waals surface area contributed by atoms with Gasteiger partial charge in [0.2, 0.25) is 0 Å². The number of carboxylic acid groups (broad SMARTS) is 1. The maximum Gasteiger partial charge on any atom is 0.310 e. The zero-order chi connectivity index (χ0) is 18.8. The number of carbonyl (C=O) groups excluding carboxylic acids is 1. The second-order valence-corrected chi connectivity index (χ2v) is 9.99. The normalized spacial score (nSPS) is 44.0. The smallest absolute Gasteiger partial charge is 0.310 e. The molecule has 0 saturated heterocycles. The number of aliphatic carboxylic acids is 1. The average molecular weight is 350 g/mol. The third kappa shape index (κ3) is 2.54. The minimum absolute atomic E-state index is 0.165. The molecule has 25 heavy (non-hydrogen) atoms. The predicted molar refractivity (Wildman–Crippen MR) is 95.9 cm³/mol. The van der Waals surface area contributed by atoms with Gasteiger partial charge in [-0.3, -0.25) is 9.59 Å². The van der Waals surface area contributed by atoms with E-state index in [1.165, 1.54) is 12.8 Å². The fourth-order valence-electron chi connectivity index (χ4n) is 6.72. The number of rotatable bonds is 4. The maximum atomic E-state index is 12.7. The first-order chi connectivity index (χ1) is 11.5. The molecule has 1 spiro atoms. The summed E-state index contributed by atoms with van der Waals surface area (Å²) < 4.78 is 6.07. The Hall–Kier alpha value is -1.06. The van der Waals surface area contributed by atoms with Crippen LogP contribution in [0.5, 0.6) is 0 Å². The summed E-state index contributed by atoms with van der Waals surface area (Å²) in [7, 11) is 0. The van der Waals surface area contributed by atoms with Crippen molar-refractivity contribution in [3.63, 3.8) is 0 Å². The number of ether oxygens (including phenoxy) is 1. The van der Waals surface area contributed by atoms with E-state index in [4.69, 9.17) is 4.74 Å². The van der Waals surface area contributed by atoms with Crippen LogP contribution in [0.4, 0.5) is 0 Å². The summed E-state index contributed by atoms with van der Waals surface area (Å²) in [5.41, 5.74) is 0.125. The van der Waals surface area contributed by atoms with Gasteiger partial charge in [-0.15, -0.1) is 0 Å². The Labute approximate surface area is 151 Å². The van der Waals surface area contributed by atoms with Crippen LogP contribution in [0, 0.1) is 40.4 Å². The van der Waals surface area contributed by atoms with Crippen molar-refractivity contribution < 1.29 is 19.4 Å². The monoisotopic (exact) mass is 350 g/mol. The van der Waals surface area contributed by atoms with Crippen molar-refractivity contribution in [1.29, 1.82) is 0 Å². The standard InChI is InChI=1S/C21H34O4/c1-12-7-8-15-19(4,5)16-11-21(12,15)10-9-20(16,6)25-18(24)14(3)13(2)17(22)23/h12-16H,7-11H2,1-6H3,(H,22,23)/t12?,13?,14?,15?,16?,20-,21+/m1/s1. The molecule has 0 aliphatic heterocycles. The summed E-state index contributed by atoms with van der Waals surface area (Å²) in [4.78, 5) is 23.9. The largest absolute Gasteiger partial charge is 0.481 e. The van der Waals surface area contributed by atoms with Crippen LogP contribution in [0.25, 0.3) is 0 Å². The van der Waals surface area contributed by atoms with E-state index in [0.29, 0.717) is 11.3 Å². The second kappa shape index (κ2) is 5.72. The lowest BCUT2D eigenvalue weighted by Crippen LogP contribution is -2.48. The molecule has 3 aliphatic carbocycles. The van der Waals surface area contributed by atoms with Gasteiger partial charge in [0, 0.05) is 5.92 Å². The van der Waals surface area contributed by atoms with Gasteiger partial charge in [0.25, 0.3) is 0 Å². The Kier molecular flexibility index (Phi) is 4.28. The molecule has 0 amide bonds. The first kappa shape index (κ1) is 18.7. The SMILES string of the molecule is CC(C(=O)O)C(C)C(=O)O[C@]1(C)CC[C@@]23CC1C(C)(C)C2CCC3C. The van der Waals surface area contributed by atoms with Gasteiger partial charge >= 0.3 is 11.9 Å². The quantitative estimate of drug-likeness (QED) is 0.757. The van der Waals surface area contributed by atoms with Gasteiger partial charge in [-0.2, -0.15) is 0 Å². The Morgan fingerprint density at radius 1 is 1.04 bits per heavy atom. The van der Waals surface area contributed by atoms with Crippen LogP contribution in [0.3, 0.4) is 0 Å². The second-order valence-electron chi connectivity index (χ2n) is 9.99. The molecule has 4 heteroatoms. The molecule has 5 unspecified atom stereocenters. The fourth-order valence-corrected chi connectivity index (χ4v) is 6.72. The Balaban J connectivity index is 1.82. The molecule has 3 rings (SSSR count). The molecule has 0 aromatic rings. The minimum atomic E-state index is -0.943. The van der Waals surface area contributed by atoms with Crippen molar-refractivity contribution in [3.05, 3.63) is 0 Å². The van der Waals surface area contributed by atoms with Crippen molar-refractivity contribution >= 4 is 11.9 Å². The molecular weight excluding hydrogens is 316 g/mol. The third-order valence-electron chi connectivity index (χ3n) is 8.61. The number of hydrogen-bond acceptors (Lipinski definition) is 3. The highest BCUT2D eigenvalue weighted by Crippen LogP contribution is 2.73. The van der Waals surface area contributed by atoms with Gasteiger partial charge in [-0.1, -0.05) is 34.6 Å². The summed E-state index contributed by atoms with van der Waals surface area (Å²) in [5, 5.41) is 9.19. The summed E-state index contributed by atoms with van der Waals surface area (Å²) in [6.45, 7) is 12.5. The molecule has 0 radical (unpaired) electrons. The number of esters is 1. The summed E-state index contributed by atoms with van der Waals surface area (Å²) in [5.74, 6) is -0.798. The van der Waals surface area contributed by atoms with Crippen LogP contribution in [-0.2, 0) is 14.3 Å². The fraction of sp³-hybridized carbons (Fsp3) is 0.905. The van der Waals surface area contributed by atoms with E-state index in [-0.39, 0.29) is 11.4 Å².